The van der Waals surface area contributed by atoms with Gasteiger partial charge in [-0.2, -0.15) is 0 Å². The van der Waals surface area contributed by atoms with Gasteiger partial charge in [-0.3, -0.25) is 29.0 Å². The zero-order valence-corrected chi connectivity index (χ0v) is 24.8. The van der Waals surface area contributed by atoms with Crippen LogP contribution in [0.5, 0.6) is 11.5 Å². The Morgan fingerprint density at radius 2 is 1.73 bits per heavy atom. The second-order valence-electron chi connectivity index (χ2n) is 10.4. The topological polar surface area (TPSA) is 104 Å². The zero-order chi connectivity index (χ0) is 28.7. The van der Waals surface area contributed by atoms with Gasteiger partial charge in [0, 0.05) is 22.6 Å². The molecule has 3 fully saturated rings. The van der Waals surface area contributed by atoms with Crippen LogP contribution in [0.2, 0.25) is 5.02 Å². The van der Waals surface area contributed by atoms with Crippen molar-refractivity contribution in [3.63, 3.8) is 0 Å². The fourth-order valence-electron chi connectivity index (χ4n) is 6.88. The molecular formula is C28H22BrCl3N2O6. The van der Waals surface area contributed by atoms with Crippen LogP contribution >= 0.6 is 50.7 Å². The van der Waals surface area contributed by atoms with Crippen LogP contribution in [-0.2, 0) is 19.2 Å². The van der Waals surface area contributed by atoms with Gasteiger partial charge in [0.25, 0.3) is 11.8 Å². The number of alkyl halides is 3. The lowest BCUT2D eigenvalue weighted by atomic mass is 9.56. The number of amides is 4. The Balaban J connectivity index is 1.54. The number of hydrogen-bond acceptors (Lipinski definition) is 6. The highest BCUT2D eigenvalue weighted by Gasteiger charge is 2.76. The number of phenolic OH excluding ortho intramolecular Hbond substituents is 1. The molecule has 1 saturated carbocycles. The van der Waals surface area contributed by atoms with E-state index in [2.05, 4.69) is 15.9 Å². The molecule has 4 amide bonds. The van der Waals surface area contributed by atoms with Gasteiger partial charge in [-0.25, -0.2) is 0 Å². The summed E-state index contributed by atoms with van der Waals surface area (Å²) in [4.78, 5) is 53.4. The third-order valence-electron chi connectivity index (χ3n) is 8.63. The molecule has 0 unspecified atom stereocenters. The van der Waals surface area contributed by atoms with E-state index in [9.17, 15) is 24.3 Å². The average Bonchev–Trinajstić information content (AvgIpc) is 3.27. The smallest absolute Gasteiger partial charge is 0.254 e. The summed E-state index contributed by atoms with van der Waals surface area (Å²) in [7, 11) is 1.41. The molecule has 2 saturated heterocycles. The summed E-state index contributed by atoms with van der Waals surface area (Å²) in [6.07, 6.45) is 1.95. The Labute approximate surface area is 252 Å². The minimum atomic E-state index is -1.96. The number of ether oxygens (including phenoxy) is 1. The molecule has 2 aromatic carbocycles. The molecular weight excluding hydrogens is 647 g/mol. The number of methoxy groups -OCH3 is 1. The maximum absolute atomic E-state index is 14.0. The van der Waals surface area contributed by atoms with Gasteiger partial charge in [-0.15, -0.1) is 23.2 Å². The highest BCUT2D eigenvalue weighted by atomic mass is 79.9. The molecule has 4 aliphatic rings. The maximum Gasteiger partial charge on any atom is 0.254 e. The summed E-state index contributed by atoms with van der Waals surface area (Å²) in [5, 5.41) is 10.6. The van der Waals surface area contributed by atoms with E-state index in [-0.39, 0.29) is 35.7 Å². The molecule has 2 aliphatic heterocycles. The molecule has 0 spiro atoms. The lowest BCUT2D eigenvalue weighted by Gasteiger charge is -2.50. The standard InChI is InChI=1S/C28H22BrCl3N2O6/c1-40-20-10-15(35)6-7-17(20)22-16-8-9-18-21(24(37)34(23(18)36)14-4-2-13(30)3-5-14)19(16)11-27(31)25(38)33(12-29)26(39)28(22,27)32/h2-8,10,18-19,21-22,35H,9,11-12H2,1H3/t18-,19+,21-,22+,27+,28-/m0/s1. The van der Waals surface area contributed by atoms with Crippen LogP contribution in [-0.4, -0.2) is 55.9 Å². The van der Waals surface area contributed by atoms with E-state index in [1.165, 1.54) is 19.2 Å². The van der Waals surface area contributed by atoms with Crippen LogP contribution in [0.15, 0.2) is 54.1 Å². The monoisotopic (exact) mass is 666 g/mol. The predicted octanol–water partition coefficient (Wildman–Crippen LogP) is 4.97. The summed E-state index contributed by atoms with van der Waals surface area (Å²) in [6.45, 7) is 0. The molecule has 0 bridgehead atoms. The van der Waals surface area contributed by atoms with Crippen molar-refractivity contribution in [3.05, 3.63) is 64.7 Å². The van der Waals surface area contributed by atoms with Crippen LogP contribution in [0.1, 0.15) is 24.3 Å². The summed E-state index contributed by atoms with van der Waals surface area (Å²) >= 11 is 23.7. The number of halogens is 4. The summed E-state index contributed by atoms with van der Waals surface area (Å²) in [5.41, 5.74) is 1.34. The summed E-state index contributed by atoms with van der Waals surface area (Å²) in [5.74, 6) is -5.13. The number of benzene rings is 2. The van der Waals surface area contributed by atoms with Crippen molar-refractivity contribution in [2.24, 2.45) is 17.8 Å². The van der Waals surface area contributed by atoms with E-state index >= 15 is 0 Å². The van der Waals surface area contributed by atoms with Gasteiger partial charge in [0.1, 0.15) is 11.5 Å². The lowest BCUT2D eigenvalue weighted by Crippen LogP contribution is -2.60. The minimum Gasteiger partial charge on any atom is -0.508 e. The molecule has 40 heavy (non-hydrogen) atoms. The number of allylic oxidation sites excluding steroid dienone is 2. The van der Waals surface area contributed by atoms with Gasteiger partial charge >= 0.3 is 0 Å². The zero-order valence-electron chi connectivity index (χ0n) is 20.9. The number of hydrogen-bond donors (Lipinski definition) is 1. The van der Waals surface area contributed by atoms with Crippen molar-refractivity contribution in [1.82, 2.24) is 4.90 Å². The van der Waals surface area contributed by atoms with E-state index < -0.39 is 51.1 Å². The van der Waals surface area contributed by atoms with E-state index in [0.717, 1.165) is 9.80 Å². The first-order valence-corrected chi connectivity index (χ1v) is 14.8. The van der Waals surface area contributed by atoms with Crippen molar-refractivity contribution in [2.75, 3.05) is 17.5 Å². The largest absolute Gasteiger partial charge is 0.508 e. The van der Waals surface area contributed by atoms with E-state index in [1.54, 1.807) is 30.3 Å². The maximum atomic E-state index is 14.0. The van der Waals surface area contributed by atoms with Crippen LogP contribution in [0.25, 0.3) is 0 Å². The normalized spacial score (nSPS) is 33.1. The van der Waals surface area contributed by atoms with Gasteiger partial charge in [0.05, 0.1) is 30.1 Å². The Bertz CT molecular complexity index is 1520. The average molecular weight is 669 g/mol. The first-order valence-electron chi connectivity index (χ1n) is 12.5. The second-order valence-corrected chi connectivity index (χ2v) is 12.6. The molecule has 6 rings (SSSR count). The first-order chi connectivity index (χ1) is 19.0. The molecule has 2 aromatic rings. The predicted molar refractivity (Wildman–Crippen MR) is 152 cm³/mol. The van der Waals surface area contributed by atoms with Crippen molar-refractivity contribution in [3.8, 4) is 11.5 Å². The minimum absolute atomic E-state index is 0.0718. The fourth-order valence-corrected chi connectivity index (χ4v) is 8.42. The number of anilines is 1. The molecule has 2 aliphatic carbocycles. The first kappa shape index (κ1) is 27.6. The number of imide groups is 2. The van der Waals surface area contributed by atoms with Crippen molar-refractivity contribution in [2.45, 2.75) is 28.5 Å². The Morgan fingerprint density at radius 3 is 2.38 bits per heavy atom. The number of likely N-dealkylation sites (tertiary alicyclic amines) is 1. The van der Waals surface area contributed by atoms with Crippen LogP contribution in [0.3, 0.4) is 0 Å². The molecule has 0 radical (unpaired) electrons. The third-order valence-corrected chi connectivity index (χ3v) is 10.8. The van der Waals surface area contributed by atoms with Crippen molar-refractivity contribution < 1.29 is 29.0 Å². The lowest BCUT2D eigenvalue weighted by molar-refractivity contribution is -0.138. The molecule has 2 heterocycles. The van der Waals surface area contributed by atoms with Crippen LogP contribution < -0.4 is 9.64 Å². The van der Waals surface area contributed by atoms with E-state index in [4.69, 9.17) is 39.5 Å². The molecule has 8 nitrogen and oxygen atoms in total. The number of aromatic hydroxyl groups is 1. The van der Waals surface area contributed by atoms with Crippen LogP contribution in [0.4, 0.5) is 5.69 Å². The van der Waals surface area contributed by atoms with E-state index in [1.807, 2.05) is 6.08 Å². The van der Waals surface area contributed by atoms with Gasteiger partial charge in [0.15, 0.2) is 9.75 Å². The second kappa shape index (κ2) is 9.48. The number of nitrogens with zero attached hydrogens (tertiary/aromatic N) is 2. The van der Waals surface area contributed by atoms with E-state index in [0.29, 0.717) is 21.8 Å². The quantitative estimate of drug-likeness (QED) is 0.214. The summed E-state index contributed by atoms with van der Waals surface area (Å²) < 4.78 is 5.56. The van der Waals surface area contributed by atoms with Gasteiger partial charge in [0.2, 0.25) is 11.8 Å². The Hall–Kier alpha value is -2.59. The van der Waals surface area contributed by atoms with Gasteiger partial charge in [-0.05, 0) is 49.1 Å². The SMILES string of the molecule is COc1cc(O)ccc1[C@H]1C2=CC[C@@H]3C(=O)N(c4ccc(Cl)cc4)C(=O)[C@@H]3[C@@H]2C[C@@]2(Cl)C(=O)N(CBr)C(=O)[C@@]12Cl. The Morgan fingerprint density at radius 1 is 1.02 bits per heavy atom. The number of carbonyl (C=O) groups excluding carboxylic acids is 4. The highest BCUT2D eigenvalue weighted by molar-refractivity contribution is 9.09. The fraction of sp³-hybridized carbons (Fsp3) is 0.357. The number of fused-ring (bicyclic) bond motifs is 4. The van der Waals surface area contributed by atoms with Crippen molar-refractivity contribution >= 4 is 80.0 Å². The molecule has 0 aromatic heterocycles. The molecule has 208 valence electrons. The van der Waals surface area contributed by atoms with Crippen LogP contribution in [0, 0.1) is 17.8 Å². The number of carbonyl (C=O) groups is 4. The Kier molecular flexibility index (Phi) is 6.53. The number of rotatable bonds is 4. The number of phenols is 1. The third kappa shape index (κ3) is 3.50. The highest BCUT2D eigenvalue weighted by Crippen LogP contribution is 2.66. The summed E-state index contributed by atoms with van der Waals surface area (Å²) in [6, 6.07) is 10.8. The molecule has 12 heteroatoms. The van der Waals surface area contributed by atoms with Gasteiger partial charge < -0.3 is 9.84 Å². The van der Waals surface area contributed by atoms with Gasteiger partial charge in [-0.1, -0.05) is 45.2 Å². The molecule has 6 atom stereocenters. The molecule has 1 N–H and O–H groups in total. The van der Waals surface area contributed by atoms with Crippen molar-refractivity contribution in [1.29, 1.82) is 0 Å².